The van der Waals surface area contributed by atoms with Crippen LogP contribution in [0.3, 0.4) is 0 Å². The van der Waals surface area contributed by atoms with Crippen LogP contribution in [0.15, 0.2) is 41.7 Å². The molecule has 1 N–H and O–H groups in total. The van der Waals surface area contributed by atoms with Crippen LogP contribution in [0.1, 0.15) is 17.2 Å². The van der Waals surface area contributed by atoms with E-state index in [2.05, 4.69) is 45.4 Å². The number of nitrogens with zero attached hydrogens (tertiary/aromatic N) is 5. The van der Waals surface area contributed by atoms with Gasteiger partial charge in [-0.25, -0.2) is 0 Å². The van der Waals surface area contributed by atoms with Crippen LogP contribution >= 0.6 is 11.6 Å². The maximum absolute atomic E-state index is 6.07. The van der Waals surface area contributed by atoms with E-state index in [4.69, 9.17) is 11.6 Å². The molecule has 0 radical (unpaired) electrons. The van der Waals surface area contributed by atoms with Gasteiger partial charge in [0.25, 0.3) is 0 Å². The zero-order valence-corrected chi connectivity index (χ0v) is 16.3. The number of guanidine groups is 1. The molecular formula is C18H27ClN6. The number of hydrogen-bond donors (Lipinski definition) is 1. The predicted molar refractivity (Wildman–Crippen MR) is 104 cm³/mol. The van der Waals surface area contributed by atoms with Crippen LogP contribution in [0.5, 0.6) is 0 Å². The first-order valence-corrected chi connectivity index (χ1v) is 8.59. The third kappa shape index (κ3) is 5.47. The Kier molecular flexibility index (Phi) is 6.84. The van der Waals surface area contributed by atoms with Gasteiger partial charge in [-0.3, -0.25) is 9.67 Å². The molecule has 2 rings (SSSR count). The molecule has 0 bridgehead atoms. The van der Waals surface area contributed by atoms with Crippen molar-refractivity contribution in [2.45, 2.75) is 12.6 Å². The summed E-state index contributed by atoms with van der Waals surface area (Å²) in [6, 6.07) is 8.10. The number of benzene rings is 1. The van der Waals surface area contributed by atoms with E-state index in [-0.39, 0.29) is 6.04 Å². The zero-order valence-electron chi connectivity index (χ0n) is 15.6. The monoisotopic (exact) mass is 362 g/mol. The molecular weight excluding hydrogens is 336 g/mol. The molecule has 1 unspecified atom stereocenters. The summed E-state index contributed by atoms with van der Waals surface area (Å²) >= 11 is 6.07. The zero-order chi connectivity index (χ0) is 18.4. The lowest BCUT2D eigenvalue weighted by atomic mass is 10.1. The molecule has 1 aromatic carbocycles. The van der Waals surface area contributed by atoms with Gasteiger partial charge in [-0.15, -0.1) is 0 Å². The number of aryl methyl sites for hydroxylation is 1. The van der Waals surface area contributed by atoms with Crippen molar-refractivity contribution in [1.29, 1.82) is 0 Å². The van der Waals surface area contributed by atoms with E-state index in [0.717, 1.165) is 29.6 Å². The largest absolute Gasteiger partial charge is 0.354 e. The van der Waals surface area contributed by atoms with Gasteiger partial charge in [-0.1, -0.05) is 23.7 Å². The van der Waals surface area contributed by atoms with E-state index in [9.17, 15) is 0 Å². The predicted octanol–water partition coefficient (Wildman–Crippen LogP) is 2.38. The Balaban J connectivity index is 2.00. The Bertz CT molecular complexity index is 709. The lowest BCUT2D eigenvalue weighted by Gasteiger charge is -2.27. The molecule has 7 heteroatoms. The summed E-state index contributed by atoms with van der Waals surface area (Å²) in [5.74, 6) is 0.843. The number of halogens is 1. The van der Waals surface area contributed by atoms with Gasteiger partial charge in [0.2, 0.25) is 0 Å². The second-order valence-electron chi connectivity index (χ2n) is 6.34. The van der Waals surface area contributed by atoms with Crippen LogP contribution in [-0.4, -0.2) is 60.3 Å². The molecule has 0 aliphatic heterocycles. The summed E-state index contributed by atoms with van der Waals surface area (Å²) in [6.07, 6.45) is 3.95. The normalized spacial score (nSPS) is 13.2. The molecule has 0 aliphatic carbocycles. The topological polar surface area (TPSA) is 48.7 Å². The highest BCUT2D eigenvalue weighted by Gasteiger charge is 2.17. The van der Waals surface area contributed by atoms with Crippen LogP contribution in [0, 0.1) is 0 Å². The fraction of sp³-hybridized carbons (Fsp3) is 0.444. The molecule has 2 aromatic rings. The van der Waals surface area contributed by atoms with E-state index in [1.54, 1.807) is 7.05 Å². The second kappa shape index (κ2) is 8.87. The van der Waals surface area contributed by atoms with Gasteiger partial charge in [-0.05, 0) is 31.8 Å². The molecule has 25 heavy (non-hydrogen) atoms. The minimum atomic E-state index is 0.213. The van der Waals surface area contributed by atoms with Crippen molar-refractivity contribution in [2.24, 2.45) is 12.0 Å². The van der Waals surface area contributed by atoms with Gasteiger partial charge in [0, 0.05) is 51.0 Å². The molecule has 0 aliphatic rings. The second-order valence-corrected chi connectivity index (χ2v) is 6.78. The molecule has 0 fully saturated rings. The molecule has 1 atom stereocenters. The van der Waals surface area contributed by atoms with Gasteiger partial charge >= 0.3 is 0 Å². The average Bonchev–Trinajstić information content (AvgIpc) is 2.97. The van der Waals surface area contributed by atoms with Gasteiger partial charge in [-0.2, -0.15) is 5.10 Å². The summed E-state index contributed by atoms with van der Waals surface area (Å²) < 4.78 is 1.83. The minimum absolute atomic E-state index is 0.213. The van der Waals surface area contributed by atoms with Gasteiger partial charge in [0.05, 0.1) is 12.2 Å². The van der Waals surface area contributed by atoms with E-state index in [1.807, 2.05) is 49.4 Å². The summed E-state index contributed by atoms with van der Waals surface area (Å²) in [4.78, 5) is 8.66. The van der Waals surface area contributed by atoms with E-state index in [1.165, 1.54) is 5.56 Å². The SMILES string of the molecule is CN=C(NCC(c1cnn(C)c1)N(C)C)N(C)Cc1cccc(Cl)c1. The Labute approximate surface area is 155 Å². The number of aromatic nitrogens is 2. The Morgan fingerprint density at radius 3 is 2.68 bits per heavy atom. The lowest BCUT2D eigenvalue weighted by molar-refractivity contribution is 0.295. The van der Waals surface area contributed by atoms with Crippen molar-refractivity contribution in [2.75, 3.05) is 34.7 Å². The standard InChI is InChI=1S/C18H27ClN6/c1-20-18(24(4)12-14-7-6-8-16(19)9-14)21-11-17(23(2)3)15-10-22-25(5)13-15/h6-10,13,17H,11-12H2,1-5H3,(H,20,21). The number of aliphatic imine (C=N–C) groups is 1. The first kappa shape index (κ1) is 19.3. The van der Waals surface area contributed by atoms with Crippen LogP contribution in [0.2, 0.25) is 5.02 Å². The maximum atomic E-state index is 6.07. The van der Waals surface area contributed by atoms with Gasteiger partial charge < -0.3 is 15.1 Å². The Hall–Kier alpha value is -2.05. The molecule has 1 aromatic heterocycles. The molecule has 0 amide bonds. The highest BCUT2D eigenvalue weighted by Crippen LogP contribution is 2.16. The summed E-state index contributed by atoms with van der Waals surface area (Å²) in [5, 5.41) is 8.48. The van der Waals surface area contributed by atoms with Crippen molar-refractivity contribution in [1.82, 2.24) is 24.9 Å². The van der Waals surface area contributed by atoms with E-state index < -0.39 is 0 Å². The molecule has 6 nitrogen and oxygen atoms in total. The van der Waals surface area contributed by atoms with Gasteiger partial charge in [0.15, 0.2) is 5.96 Å². The Morgan fingerprint density at radius 2 is 2.12 bits per heavy atom. The van der Waals surface area contributed by atoms with Crippen molar-refractivity contribution in [3.05, 3.63) is 52.8 Å². The summed E-state index contributed by atoms with van der Waals surface area (Å²) in [7, 11) is 9.88. The van der Waals surface area contributed by atoms with Crippen LogP contribution in [0.25, 0.3) is 0 Å². The lowest BCUT2D eigenvalue weighted by Crippen LogP contribution is -2.42. The highest BCUT2D eigenvalue weighted by atomic mass is 35.5. The number of likely N-dealkylation sites (N-methyl/N-ethyl adjacent to an activating group) is 1. The van der Waals surface area contributed by atoms with Gasteiger partial charge in [0.1, 0.15) is 0 Å². The first-order chi connectivity index (χ1) is 11.9. The van der Waals surface area contributed by atoms with Crippen molar-refractivity contribution >= 4 is 17.6 Å². The van der Waals surface area contributed by atoms with Crippen LogP contribution in [-0.2, 0) is 13.6 Å². The number of rotatable bonds is 6. The molecule has 136 valence electrons. The highest BCUT2D eigenvalue weighted by molar-refractivity contribution is 6.30. The number of nitrogens with one attached hydrogen (secondary N) is 1. The number of hydrogen-bond acceptors (Lipinski definition) is 3. The first-order valence-electron chi connectivity index (χ1n) is 8.22. The van der Waals surface area contributed by atoms with E-state index in [0.29, 0.717) is 0 Å². The fourth-order valence-electron chi connectivity index (χ4n) is 2.77. The summed E-state index contributed by atoms with van der Waals surface area (Å²) in [6.45, 7) is 1.48. The molecule has 0 saturated carbocycles. The van der Waals surface area contributed by atoms with Crippen LogP contribution < -0.4 is 5.32 Å². The molecule has 1 heterocycles. The minimum Gasteiger partial charge on any atom is -0.354 e. The van der Waals surface area contributed by atoms with Crippen molar-refractivity contribution in [3.8, 4) is 0 Å². The van der Waals surface area contributed by atoms with Crippen molar-refractivity contribution < 1.29 is 0 Å². The fourth-order valence-corrected chi connectivity index (χ4v) is 2.98. The quantitative estimate of drug-likeness (QED) is 0.633. The smallest absolute Gasteiger partial charge is 0.193 e. The summed E-state index contributed by atoms with van der Waals surface area (Å²) in [5.41, 5.74) is 2.32. The maximum Gasteiger partial charge on any atom is 0.193 e. The Morgan fingerprint density at radius 1 is 1.36 bits per heavy atom. The van der Waals surface area contributed by atoms with Crippen LogP contribution in [0.4, 0.5) is 0 Å². The molecule has 0 spiro atoms. The molecule has 0 saturated heterocycles. The third-order valence-corrected chi connectivity index (χ3v) is 4.30. The van der Waals surface area contributed by atoms with Crippen molar-refractivity contribution in [3.63, 3.8) is 0 Å². The van der Waals surface area contributed by atoms with E-state index >= 15 is 0 Å². The average molecular weight is 363 g/mol. The third-order valence-electron chi connectivity index (χ3n) is 4.07.